The van der Waals surface area contributed by atoms with E-state index in [9.17, 15) is 4.79 Å². The largest absolute Gasteiger partial charge is 0.423 e. The zero-order valence-corrected chi connectivity index (χ0v) is 16.2. The second-order valence-electron chi connectivity index (χ2n) is 6.87. The fourth-order valence-electron chi connectivity index (χ4n) is 3.41. The molecule has 142 valence electrons. The number of nitrogens with one attached hydrogen (secondary N) is 1. The van der Waals surface area contributed by atoms with Gasteiger partial charge in [-0.2, -0.15) is 0 Å². The number of H-pyrrole nitrogens is 1. The Bertz CT molecular complexity index is 864. The Morgan fingerprint density at radius 1 is 1.00 bits per heavy atom. The summed E-state index contributed by atoms with van der Waals surface area (Å²) in [7, 11) is 0. The highest BCUT2D eigenvalue weighted by Gasteiger charge is 2.11. The molecule has 0 aliphatic heterocycles. The zero-order valence-electron chi connectivity index (χ0n) is 16.2. The number of esters is 1. The molecule has 0 spiro atoms. The van der Waals surface area contributed by atoms with Gasteiger partial charge in [0.25, 0.3) is 0 Å². The Kier molecular flexibility index (Phi) is 6.66. The summed E-state index contributed by atoms with van der Waals surface area (Å²) in [4.78, 5) is 18.1. The van der Waals surface area contributed by atoms with Crippen LogP contribution in [0, 0.1) is 0 Å². The van der Waals surface area contributed by atoms with Crippen molar-refractivity contribution in [3.63, 3.8) is 0 Å². The van der Waals surface area contributed by atoms with Gasteiger partial charge in [-0.05, 0) is 68.2 Å². The fourth-order valence-corrected chi connectivity index (χ4v) is 3.41. The van der Waals surface area contributed by atoms with E-state index in [2.05, 4.69) is 29.9 Å². The number of aromatic nitrogens is 1. The van der Waals surface area contributed by atoms with Gasteiger partial charge in [0, 0.05) is 23.6 Å². The summed E-state index contributed by atoms with van der Waals surface area (Å²) < 4.78 is 5.57. The van der Waals surface area contributed by atoms with Crippen molar-refractivity contribution in [3.05, 3.63) is 65.9 Å². The second-order valence-corrected chi connectivity index (χ2v) is 6.87. The van der Waals surface area contributed by atoms with E-state index >= 15 is 0 Å². The Balaban J connectivity index is 1.72. The minimum atomic E-state index is -0.330. The van der Waals surface area contributed by atoms with E-state index in [1.54, 1.807) is 12.1 Å². The molecule has 1 aromatic heterocycles. The van der Waals surface area contributed by atoms with E-state index in [1.165, 1.54) is 18.4 Å². The molecular weight excluding hydrogens is 336 g/mol. The quantitative estimate of drug-likeness (QED) is 0.427. The molecule has 0 saturated heterocycles. The number of carbonyl (C=O) groups excluding carboxylic acids is 1. The van der Waals surface area contributed by atoms with E-state index in [0.717, 1.165) is 37.0 Å². The highest BCUT2D eigenvalue weighted by molar-refractivity contribution is 5.92. The smallest absolute Gasteiger partial charge is 0.343 e. The van der Waals surface area contributed by atoms with Crippen LogP contribution in [-0.4, -0.2) is 35.5 Å². The minimum absolute atomic E-state index is 0.330. The monoisotopic (exact) mass is 364 g/mol. The van der Waals surface area contributed by atoms with E-state index in [1.807, 2.05) is 36.4 Å². The zero-order chi connectivity index (χ0) is 19.1. The van der Waals surface area contributed by atoms with Crippen LogP contribution in [-0.2, 0) is 6.42 Å². The van der Waals surface area contributed by atoms with Crippen molar-refractivity contribution < 1.29 is 9.53 Å². The van der Waals surface area contributed by atoms with Crippen molar-refractivity contribution in [3.8, 4) is 5.75 Å². The Hall–Kier alpha value is -2.59. The van der Waals surface area contributed by atoms with Gasteiger partial charge in [-0.1, -0.05) is 32.0 Å². The molecule has 4 nitrogen and oxygen atoms in total. The normalized spacial score (nSPS) is 11.2. The van der Waals surface area contributed by atoms with Gasteiger partial charge >= 0.3 is 5.97 Å². The molecule has 0 aliphatic rings. The van der Waals surface area contributed by atoms with Crippen LogP contribution in [0.3, 0.4) is 0 Å². The summed E-state index contributed by atoms with van der Waals surface area (Å²) in [6, 6.07) is 14.9. The Labute approximate surface area is 161 Å². The van der Waals surface area contributed by atoms with Gasteiger partial charge in [-0.25, -0.2) is 4.79 Å². The summed E-state index contributed by atoms with van der Waals surface area (Å²) in [6.45, 7) is 7.76. The molecule has 1 heterocycles. The average molecular weight is 364 g/mol. The SMILES string of the molecule is CCCN(CCC)CCc1c[nH]c2ccc(OC(=O)c3ccccc3)cc12. The molecule has 2 aromatic carbocycles. The molecule has 0 amide bonds. The molecule has 27 heavy (non-hydrogen) atoms. The Morgan fingerprint density at radius 3 is 2.44 bits per heavy atom. The van der Waals surface area contributed by atoms with Crippen LogP contribution in [0.1, 0.15) is 42.6 Å². The van der Waals surface area contributed by atoms with Crippen LogP contribution < -0.4 is 4.74 Å². The van der Waals surface area contributed by atoms with Crippen LogP contribution in [0.15, 0.2) is 54.7 Å². The maximum absolute atomic E-state index is 12.3. The predicted octanol–water partition coefficient (Wildman–Crippen LogP) is 5.05. The predicted molar refractivity (Wildman–Crippen MR) is 110 cm³/mol. The summed E-state index contributed by atoms with van der Waals surface area (Å²) in [6.07, 6.45) is 5.40. The molecule has 3 rings (SSSR count). The third-order valence-corrected chi connectivity index (χ3v) is 4.74. The average Bonchev–Trinajstić information content (AvgIpc) is 3.09. The first kappa shape index (κ1) is 19.2. The van der Waals surface area contributed by atoms with Crippen molar-refractivity contribution >= 4 is 16.9 Å². The molecule has 0 fully saturated rings. The van der Waals surface area contributed by atoms with Crippen molar-refractivity contribution in [1.82, 2.24) is 9.88 Å². The maximum atomic E-state index is 12.3. The number of benzene rings is 2. The van der Waals surface area contributed by atoms with Gasteiger partial charge in [0.2, 0.25) is 0 Å². The summed E-state index contributed by atoms with van der Waals surface area (Å²) in [5.74, 6) is 0.250. The molecular formula is C23H28N2O2. The van der Waals surface area contributed by atoms with Crippen LogP contribution in [0.4, 0.5) is 0 Å². The number of carbonyl (C=O) groups is 1. The number of nitrogens with zero attached hydrogens (tertiary/aromatic N) is 1. The van der Waals surface area contributed by atoms with E-state index in [0.29, 0.717) is 11.3 Å². The first-order valence-corrected chi connectivity index (χ1v) is 9.80. The second kappa shape index (κ2) is 9.38. The lowest BCUT2D eigenvalue weighted by atomic mass is 10.1. The molecule has 0 unspecified atom stereocenters. The third-order valence-electron chi connectivity index (χ3n) is 4.74. The van der Waals surface area contributed by atoms with Crippen LogP contribution in [0.25, 0.3) is 10.9 Å². The van der Waals surface area contributed by atoms with Crippen LogP contribution in [0.5, 0.6) is 5.75 Å². The molecule has 0 bridgehead atoms. The molecule has 0 radical (unpaired) electrons. The highest BCUT2D eigenvalue weighted by Crippen LogP contribution is 2.25. The van der Waals surface area contributed by atoms with E-state index in [4.69, 9.17) is 4.74 Å². The first-order chi connectivity index (χ1) is 13.2. The first-order valence-electron chi connectivity index (χ1n) is 9.80. The Morgan fingerprint density at radius 2 is 1.74 bits per heavy atom. The van der Waals surface area contributed by atoms with Gasteiger partial charge in [0.15, 0.2) is 0 Å². The molecule has 4 heteroatoms. The van der Waals surface area contributed by atoms with Crippen LogP contribution in [0.2, 0.25) is 0 Å². The van der Waals surface area contributed by atoms with Gasteiger partial charge in [-0.3, -0.25) is 0 Å². The molecule has 1 N–H and O–H groups in total. The number of aromatic amines is 1. The minimum Gasteiger partial charge on any atom is -0.423 e. The number of ether oxygens (including phenoxy) is 1. The lowest BCUT2D eigenvalue weighted by Crippen LogP contribution is -2.27. The van der Waals surface area contributed by atoms with Gasteiger partial charge in [0.05, 0.1) is 5.56 Å². The van der Waals surface area contributed by atoms with E-state index in [-0.39, 0.29) is 5.97 Å². The molecule has 3 aromatic rings. The van der Waals surface area contributed by atoms with Gasteiger partial charge < -0.3 is 14.6 Å². The molecule has 0 aliphatic carbocycles. The summed E-state index contributed by atoms with van der Waals surface area (Å²) >= 11 is 0. The van der Waals surface area contributed by atoms with Gasteiger partial charge in [0.1, 0.15) is 5.75 Å². The van der Waals surface area contributed by atoms with E-state index < -0.39 is 0 Å². The highest BCUT2D eigenvalue weighted by atomic mass is 16.5. The standard InChI is InChI=1S/C23H28N2O2/c1-3-13-25(14-4-2)15-12-19-17-24-22-11-10-20(16-21(19)22)27-23(26)18-8-6-5-7-9-18/h5-11,16-17,24H,3-4,12-15H2,1-2H3. The number of fused-ring (bicyclic) bond motifs is 1. The maximum Gasteiger partial charge on any atom is 0.343 e. The van der Waals surface area contributed by atoms with Crippen molar-refractivity contribution in [2.24, 2.45) is 0 Å². The summed E-state index contributed by atoms with van der Waals surface area (Å²) in [5.41, 5.74) is 2.89. The lowest BCUT2D eigenvalue weighted by Gasteiger charge is -2.20. The van der Waals surface area contributed by atoms with Crippen LogP contribution >= 0.6 is 0 Å². The molecule has 0 saturated carbocycles. The van der Waals surface area contributed by atoms with Gasteiger partial charge in [-0.15, -0.1) is 0 Å². The number of hydrogen-bond acceptors (Lipinski definition) is 3. The fraction of sp³-hybridized carbons (Fsp3) is 0.348. The number of hydrogen-bond donors (Lipinski definition) is 1. The van der Waals surface area contributed by atoms with Crippen molar-refractivity contribution in [2.45, 2.75) is 33.1 Å². The lowest BCUT2D eigenvalue weighted by molar-refractivity contribution is 0.0735. The molecule has 0 atom stereocenters. The number of rotatable bonds is 9. The topological polar surface area (TPSA) is 45.3 Å². The third kappa shape index (κ3) is 4.98. The summed E-state index contributed by atoms with van der Waals surface area (Å²) in [5, 5.41) is 1.13. The van der Waals surface area contributed by atoms with Crippen molar-refractivity contribution in [1.29, 1.82) is 0 Å². The van der Waals surface area contributed by atoms with Crippen molar-refractivity contribution in [2.75, 3.05) is 19.6 Å².